The zero-order valence-corrected chi connectivity index (χ0v) is 17.8. The number of hydrogen-bond donors (Lipinski definition) is 1. The van der Waals surface area contributed by atoms with E-state index in [0.29, 0.717) is 18.5 Å². The molecule has 160 valence electrons. The highest BCUT2D eigenvalue weighted by molar-refractivity contribution is 7.92. The van der Waals surface area contributed by atoms with Crippen LogP contribution in [0.25, 0.3) is 10.8 Å². The van der Waals surface area contributed by atoms with Crippen LogP contribution in [0.3, 0.4) is 0 Å². The molecule has 0 spiro atoms. The number of amides is 1. The van der Waals surface area contributed by atoms with E-state index in [9.17, 15) is 18.0 Å². The van der Waals surface area contributed by atoms with Crippen LogP contribution in [-0.2, 0) is 14.8 Å². The Bertz CT molecular complexity index is 1260. The van der Waals surface area contributed by atoms with Gasteiger partial charge >= 0.3 is 5.97 Å². The number of anilines is 1. The fourth-order valence-electron chi connectivity index (χ4n) is 3.85. The largest absolute Gasteiger partial charge is 0.465 e. The Labute approximate surface area is 180 Å². The van der Waals surface area contributed by atoms with Crippen LogP contribution in [-0.4, -0.2) is 45.4 Å². The van der Waals surface area contributed by atoms with Crippen molar-refractivity contribution in [3.05, 3.63) is 71.8 Å². The van der Waals surface area contributed by atoms with Crippen molar-refractivity contribution in [3.8, 4) is 0 Å². The molecule has 1 aliphatic heterocycles. The fourth-order valence-corrected chi connectivity index (χ4v) is 5.12. The molecule has 1 saturated heterocycles. The maximum Gasteiger partial charge on any atom is 0.340 e. The summed E-state index contributed by atoms with van der Waals surface area (Å²) in [5.41, 5.74) is 0.318. The second-order valence-corrected chi connectivity index (χ2v) is 8.95. The van der Waals surface area contributed by atoms with Crippen LogP contribution in [0.1, 0.15) is 33.6 Å². The highest BCUT2D eigenvalue weighted by atomic mass is 32.2. The number of carbonyl (C=O) groups is 2. The second-order valence-electron chi connectivity index (χ2n) is 7.30. The van der Waals surface area contributed by atoms with Gasteiger partial charge in [-0.2, -0.15) is 0 Å². The molecule has 0 aromatic heterocycles. The Morgan fingerprint density at radius 2 is 1.61 bits per heavy atom. The molecule has 31 heavy (non-hydrogen) atoms. The number of benzene rings is 3. The van der Waals surface area contributed by atoms with Crippen molar-refractivity contribution in [3.63, 3.8) is 0 Å². The molecule has 0 bridgehead atoms. The standard InChI is InChI=1S/C23H22N2O5S/c1-30-23(27)21-17-9-3-2-8-16(17)12-13-19(21)24-31(28,29)20-11-5-4-10-18(20)22(26)25-14-6-7-15-25/h2-5,8-13,24H,6-7,14-15H2,1H3. The molecule has 3 aromatic rings. The molecule has 3 aromatic carbocycles. The maximum absolute atomic E-state index is 13.3. The molecule has 7 nitrogen and oxygen atoms in total. The minimum Gasteiger partial charge on any atom is -0.465 e. The SMILES string of the molecule is COC(=O)c1c(NS(=O)(=O)c2ccccc2C(=O)N2CCCC2)ccc2ccccc12. The Morgan fingerprint density at radius 3 is 2.35 bits per heavy atom. The summed E-state index contributed by atoms with van der Waals surface area (Å²) in [5.74, 6) is -0.971. The summed E-state index contributed by atoms with van der Waals surface area (Å²) in [4.78, 5) is 27.0. The van der Waals surface area contributed by atoms with Crippen LogP contribution in [0, 0.1) is 0 Å². The van der Waals surface area contributed by atoms with Crippen molar-refractivity contribution < 1.29 is 22.7 Å². The normalized spacial score (nSPS) is 13.9. The van der Waals surface area contributed by atoms with Gasteiger partial charge in [-0.3, -0.25) is 9.52 Å². The number of fused-ring (bicyclic) bond motifs is 1. The minimum atomic E-state index is -4.16. The summed E-state index contributed by atoms with van der Waals surface area (Å²) in [6, 6.07) is 16.5. The molecule has 4 rings (SSSR count). The number of carbonyl (C=O) groups excluding carboxylic acids is 2. The van der Waals surface area contributed by atoms with Crippen LogP contribution >= 0.6 is 0 Å². The third-order valence-electron chi connectivity index (χ3n) is 5.36. The number of esters is 1. The summed E-state index contributed by atoms with van der Waals surface area (Å²) in [5, 5.41) is 1.34. The number of hydrogen-bond acceptors (Lipinski definition) is 5. The molecule has 0 unspecified atom stereocenters. The molecule has 0 atom stereocenters. The number of likely N-dealkylation sites (tertiary alicyclic amines) is 1. The molecule has 1 fully saturated rings. The van der Waals surface area contributed by atoms with E-state index in [1.54, 1.807) is 35.2 Å². The van der Waals surface area contributed by atoms with Crippen molar-refractivity contribution in [1.82, 2.24) is 4.90 Å². The van der Waals surface area contributed by atoms with Gasteiger partial charge in [0.15, 0.2) is 0 Å². The lowest BCUT2D eigenvalue weighted by molar-refractivity contribution is 0.0604. The van der Waals surface area contributed by atoms with Gasteiger partial charge in [-0.05, 0) is 41.8 Å². The van der Waals surface area contributed by atoms with Crippen LogP contribution < -0.4 is 4.72 Å². The summed E-state index contributed by atoms with van der Waals surface area (Å²) >= 11 is 0. The van der Waals surface area contributed by atoms with Gasteiger partial charge in [0.05, 0.1) is 23.9 Å². The molecule has 1 N–H and O–H groups in total. The van der Waals surface area contributed by atoms with E-state index in [0.717, 1.165) is 18.2 Å². The van der Waals surface area contributed by atoms with Crippen molar-refractivity contribution in [1.29, 1.82) is 0 Å². The first kappa shape index (κ1) is 20.9. The van der Waals surface area contributed by atoms with Gasteiger partial charge in [-0.15, -0.1) is 0 Å². The van der Waals surface area contributed by atoms with Crippen molar-refractivity contribution >= 4 is 38.4 Å². The predicted octanol–water partition coefficient (Wildman–Crippen LogP) is 3.66. The fraction of sp³-hybridized carbons (Fsp3) is 0.217. The molecular formula is C23H22N2O5S. The molecule has 1 heterocycles. The molecule has 0 radical (unpaired) electrons. The molecular weight excluding hydrogens is 416 g/mol. The highest BCUT2D eigenvalue weighted by Crippen LogP contribution is 2.30. The Hall–Kier alpha value is -3.39. The number of nitrogens with one attached hydrogen (secondary N) is 1. The first-order valence-corrected chi connectivity index (χ1v) is 11.4. The average Bonchev–Trinajstić information content (AvgIpc) is 3.33. The first-order chi connectivity index (χ1) is 14.9. The quantitative estimate of drug-likeness (QED) is 0.614. The van der Waals surface area contributed by atoms with E-state index in [2.05, 4.69) is 4.72 Å². The van der Waals surface area contributed by atoms with E-state index in [1.807, 2.05) is 12.1 Å². The van der Waals surface area contributed by atoms with Crippen LogP contribution in [0.5, 0.6) is 0 Å². The number of ether oxygens (including phenoxy) is 1. The van der Waals surface area contributed by atoms with Gasteiger partial charge in [0.25, 0.3) is 15.9 Å². The predicted molar refractivity (Wildman–Crippen MR) is 118 cm³/mol. The maximum atomic E-state index is 13.3. The topological polar surface area (TPSA) is 92.8 Å². The number of methoxy groups -OCH3 is 1. The first-order valence-electron chi connectivity index (χ1n) is 9.93. The highest BCUT2D eigenvalue weighted by Gasteiger charge is 2.28. The van der Waals surface area contributed by atoms with Gasteiger partial charge in [0, 0.05) is 13.1 Å². The van der Waals surface area contributed by atoms with Gasteiger partial charge in [-0.1, -0.05) is 42.5 Å². The van der Waals surface area contributed by atoms with Gasteiger partial charge in [0.2, 0.25) is 0 Å². The summed E-state index contributed by atoms with van der Waals surface area (Å²) in [6.45, 7) is 1.22. The molecule has 0 aliphatic carbocycles. The lowest BCUT2D eigenvalue weighted by Gasteiger charge is -2.19. The Balaban J connectivity index is 1.78. The lowest BCUT2D eigenvalue weighted by Crippen LogP contribution is -2.29. The Kier molecular flexibility index (Phi) is 5.65. The Morgan fingerprint density at radius 1 is 0.935 bits per heavy atom. The van der Waals surface area contributed by atoms with E-state index in [-0.39, 0.29) is 27.6 Å². The van der Waals surface area contributed by atoms with Gasteiger partial charge < -0.3 is 9.64 Å². The van der Waals surface area contributed by atoms with Crippen LogP contribution in [0.4, 0.5) is 5.69 Å². The van der Waals surface area contributed by atoms with E-state index < -0.39 is 16.0 Å². The number of nitrogens with zero attached hydrogens (tertiary/aromatic N) is 1. The van der Waals surface area contributed by atoms with E-state index in [1.165, 1.54) is 25.3 Å². The van der Waals surface area contributed by atoms with E-state index in [4.69, 9.17) is 4.74 Å². The summed E-state index contributed by atoms with van der Waals surface area (Å²) in [6.07, 6.45) is 1.80. The second kappa shape index (κ2) is 8.39. The van der Waals surface area contributed by atoms with Crippen LogP contribution in [0.15, 0.2) is 65.6 Å². The smallest absolute Gasteiger partial charge is 0.340 e. The summed E-state index contributed by atoms with van der Waals surface area (Å²) < 4.78 is 34.0. The average molecular weight is 439 g/mol. The third-order valence-corrected chi connectivity index (χ3v) is 6.79. The monoisotopic (exact) mass is 438 g/mol. The van der Waals surface area contributed by atoms with Crippen molar-refractivity contribution in [2.75, 3.05) is 24.9 Å². The van der Waals surface area contributed by atoms with Crippen LogP contribution in [0.2, 0.25) is 0 Å². The van der Waals surface area contributed by atoms with Gasteiger partial charge in [0.1, 0.15) is 4.90 Å². The van der Waals surface area contributed by atoms with Crippen molar-refractivity contribution in [2.45, 2.75) is 17.7 Å². The molecule has 1 amide bonds. The lowest BCUT2D eigenvalue weighted by atomic mass is 10.0. The molecule has 1 aliphatic rings. The minimum absolute atomic E-state index is 0.0916. The zero-order valence-electron chi connectivity index (χ0n) is 17.0. The zero-order chi connectivity index (χ0) is 22.0. The van der Waals surface area contributed by atoms with Crippen molar-refractivity contribution in [2.24, 2.45) is 0 Å². The van der Waals surface area contributed by atoms with Gasteiger partial charge in [-0.25, -0.2) is 13.2 Å². The molecule has 8 heteroatoms. The molecule has 0 saturated carbocycles. The summed E-state index contributed by atoms with van der Waals surface area (Å²) in [7, 11) is -2.91. The number of rotatable bonds is 5. The number of sulfonamides is 1. The van der Waals surface area contributed by atoms with E-state index >= 15 is 0 Å². The third kappa shape index (κ3) is 3.98.